The third-order valence-electron chi connectivity index (χ3n) is 7.50. The van der Waals surface area contributed by atoms with Crippen LogP contribution in [0.2, 0.25) is 0 Å². The maximum absolute atomic E-state index is 13.0. The van der Waals surface area contributed by atoms with Crippen molar-refractivity contribution in [1.29, 1.82) is 0 Å². The van der Waals surface area contributed by atoms with Gasteiger partial charge in [-0.2, -0.15) is 0 Å². The summed E-state index contributed by atoms with van der Waals surface area (Å²) in [5.74, 6) is 1.74. The van der Waals surface area contributed by atoms with E-state index in [9.17, 15) is 9.59 Å². The second-order valence-electron chi connectivity index (χ2n) is 9.51. The van der Waals surface area contributed by atoms with Crippen molar-refractivity contribution in [2.45, 2.75) is 90.8 Å². The molecule has 2 atom stereocenters. The molecular formula is C23H36N4O2. The molecule has 0 bridgehead atoms. The fourth-order valence-electron chi connectivity index (χ4n) is 5.31. The average molecular weight is 401 g/mol. The van der Waals surface area contributed by atoms with E-state index in [1.54, 1.807) is 0 Å². The fraction of sp³-hybridized carbons (Fsp3) is 0.783. The number of aromatic nitrogens is 2. The minimum atomic E-state index is -0.0765. The van der Waals surface area contributed by atoms with Gasteiger partial charge in [0.2, 0.25) is 5.91 Å². The molecule has 1 saturated carbocycles. The van der Waals surface area contributed by atoms with Gasteiger partial charge >= 0.3 is 0 Å². The maximum atomic E-state index is 13.0. The maximum Gasteiger partial charge on any atom is 0.255 e. The first kappa shape index (κ1) is 20.6. The highest BCUT2D eigenvalue weighted by Gasteiger charge is 2.35. The van der Waals surface area contributed by atoms with Gasteiger partial charge in [-0.15, -0.1) is 0 Å². The van der Waals surface area contributed by atoms with E-state index in [4.69, 9.17) is 4.98 Å². The monoisotopic (exact) mass is 400 g/mol. The van der Waals surface area contributed by atoms with E-state index in [-0.39, 0.29) is 23.4 Å². The molecule has 1 saturated heterocycles. The Hall–Kier alpha value is -1.69. The molecule has 0 spiro atoms. The number of aromatic amines is 1. The van der Waals surface area contributed by atoms with Crippen LogP contribution in [0.1, 0.15) is 88.8 Å². The number of carbonyl (C=O) groups excluding carboxylic acids is 1. The van der Waals surface area contributed by atoms with Gasteiger partial charge in [0.05, 0.1) is 17.3 Å². The molecule has 1 aromatic rings. The highest BCUT2D eigenvalue weighted by Crippen LogP contribution is 2.33. The normalized spacial score (nSPS) is 28.9. The van der Waals surface area contributed by atoms with Crippen molar-refractivity contribution in [3.8, 4) is 0 Å². The smallest absolute Gasteiger partial charge is 0.255 e. The zero-order valence-electron chi connectivity index (χ0n) is 18.2. The molecule has 0 radical (unpaired) electrons. The van der Waals surface area contributed by atoms with Crippen molar-refractivity contribution < 1.29 is 4.79 Å². The molecule has 29 heavy (non-hydrogen) atoms. The Morgan fingerprint density at radius 2 is 1.97 bits per heavy atom. The van der Waals surface area contributed by atoms with Gasteiger partial charge in [-0.1, -0.05) is 20.8 Å². The number of carbonyl (C=O) groups is 1. The molecule has 2 fully saturated rings. The molecule has 3 aliphatic rings. The molecule has 0 aromatic carbocycles. The molecule has 6 heteroatoms. The largest absolute Gasteiger partial charge is 0.332 e. The summed E-state index contributed by atoms with van der Waals surface area (Å²) >= 11 is 0. The van der Waals surface area contributed by atoms with Crippen molar-refractivity contribution >= 4 is 5.91 Å². The average Bonchev–Trinajstić information content (AvgIpc) is 3.23. The predicted molar refractivity (Wildman–Crippen MR) is 114 cm³/mol. The fourth-order valence-corrected chi connectivity index (χ4v) is 5.31. The number of H-pyrrole nitrogens is 1. The summed E-state index contributed by atoms with van der Waals surface area (Å²) < 4.78 is 0. The van der Waals surface area contributed by atoms with Crippen LogP contribution < -0.4 is 5.56 Å². The number of likely N-dealkylation sites (tertiary alicyclic amines) is 1. The summed E-state index contributed by atoms with van der Waals surface area (Å²) in [4.78, 5) is 38.1. The Morgan fingerprint density at radius 3 is 2.69 bits per heavy atom. The van der Waals surface area contributed by atoms with Gasteiger partial charge in [0.25, 0.3) is 5.56 Å². The van der Waals surface area contributed by atoms with Crippen LogP contribution in [0.3, 0.4) is 0 Å². The van der Waals surface area contributed by atoms with E-state index in [0.717, 1.165) is 62.5 Å². The lowest BCUT2D eigenvalue weighted by Gasteiger charge is -2.38. The standard InChI is InChI=1S/C23H36N4O2/c1-4-16(3)23(29)27-12-5-6-20(27)21-24-19-11-13-26(14-18(19)22(28)25-21)17-9-7-15(2)8-10-17/h15-17,20H,4-14H2,1-3H3,(H,24,25,28). The molecule has 2 unspecified atom stereocenters. The third-order valence-corrected chi connectivity index (χ3v) is 7.50. The molecule has 1 aromatic heterocycles. The predicted octanol–water partition coefficient (Wildman–Crippen LogP) is 3.42. The Bertz CT molecular complexity index is 797. The summed E-state index contributed by atoms with van der Waals surface area (Å²) in [6, 6.07) is 0.532. The van der Waals surface area contributed by atoms with Crippen LogP contribution in [0, 0.1) is 11.8 Å². The number of amides is 1. The van der Waals surface area contributed by atoms with E-state index in [0.29, 0.717) is 11.9 Å². The number of nitrogens with one attached hydrogen (secondary N) is 1. The molecular weight excluding hydrogens is 364 g/mol. The minimum absolute atomic E-state index is 0.00159. The summed E-state index contributed by atoms with van der Waals surface area (Å²) in [5.41, 5.74) is 1.80. The van der Waals surface area contributed by atoms with Crippen molar-refractivity contribution in [1.82, 2.24) is 19.8 Å². The summed E-state index contributed by atoms with van der Waals surface area (Å²) in [6.45, 7) is 8.85. The molecule has 1 aliphatic carbocycles. The van der Waals surface area contributed by atoms with Crippen LogP contribution in [0.15, 0.2) is 4.79 Å². The first-order chi connectivity index (χ1) is 14.0. The van der Waals surface area contributed by atoms with E-state index in [1.165, 1.54) is 25.7 Å². The molecule has 4 rings (SSSR count). The molecule has 3 heterocycles. The van der Waals surface area contributed by atoms with Gasteiger partial charge < -0.3 is 9.88 Å². The van der Waals surface area contributed by atoms with Crippen LogP contribution in [0.25, 0.3) is 0 Å². The van der Waals surface area contributed by atoms with Crippen molar-refractivity contribution in [2.75, 3.05) is 13.1 Å². The summed E-state index contributed by atoms with van der Waals surface area (Å²) in [7, 11) is 0. The highest BCUT2D eigenvalue weighted by atomic mass is 16.2. The van der Waals surface area contributed by atoms with Crippen molar-refractivity contribution in [2.24, 2.45) is 11.8 Å². The lowest BCUT2D eigenvalue weighted by Crippen LogP contribution is -2.44. The van der Waals surface area contributed by atoms with Crippen LogP contribution >= 0.6 is 0 Å². The number of nitrogens with zero attached hydrogens (tertiary/aromatic N) is 3. The Balaban J connectivity index is 1.52. The van der Waals surface area contributed by atoms with E-state index >= 15 is 0 Å². The van der Waals surface area contributed by atoms with Crippen molar-refractivity contribution in [3.63, 3.8) is 0 Å². The SMILES string of the molecule is CCC(C)C(=O)N1CCCC1c1nc2c(c(=O)[nH]1)CN(C1CCC(C)CC1)CC2. The topological polar surface area (TPSA) is 69.3 Å². The first-order valence-electron chi connectivity index (χ1n) is 11.6. The van der Waals surface area contributed by atoms with Gasteiger partial charge in [0, 0.05) is 38.0 Å². The van der Waals surface area contributed by atoms with E-state index in [2.05, 4.69) is 16.8 Å². The lowest BCUT2D eigenvalue weighted by atomic mass is 9.86. The Labute approximate surface area is 174 Å². The molecule has 1 amide bonds. The van der Waals surface area contributed by atoms with Crippen LogP contribution in [0.5, 0.6) is 0 Å². The summed E-state index contributed by atoms with van der Waals surface area (Å²) in [5, 5.41) is 0. The number of fused-ring (bicyclic) bond motifs is 1. The van der Waals surface area contributed by atoms with Gasteiger partial charge in [0.1, 0.15) is 5.82 Å². The first-order valence-corrected chi connectivity index (χ1v) is 11.6. The molecule has 160 valence electrons. The number of hydrogen-bond donors (Lipinski definition) is 1. The van der Waals surface area contributed by atoms with Gasteiger partial charge in [0.15, 0.2) is 0 Å². The van der Waals surface area contributed by atoms with Crippen molar-refractivity contribution in [3.05, 3.63) is 27.4 Å². The molecule has 1 N–H and O–H groups in total. The Morgan fingerprint density at radius 1 is 1.21 bits per heavy atom. The Kier molecular flexibility index (Phi) is 6.09. The highest BCUT2D eigenvalue weighted by molar-refractivity contribution is 5.79. The lowest BCUT2D eigenvalue weighted by molar-refractivity contribution is -0.136. The molecule has 6 nitrogen and oxygen atoms in total. The summed E-state index contributed by atoms with van der Waals surface area (Å²) in [6.07, 6.45) is 8.62. The second-order valence-corrected chi connectivity index (χ2v) is 9.51. The van der Waals surface area contributed by atoms with E-state index < -0.39 is 0 Å². The molecule has 2 aliphatic heterocycles. The quantitative estimate of drug-likeness (QED) is 0.841. The van der Waals surface area contributed by atoms with Gasteiger partial charge in [-0.05, 0) is 50.9 Å². The third kappa shape index (κ3) is 4.14. The zero-order chi connectivity index (χ0) is 20.5. The van der Waals surface area contributed by atoms with E-state index in [1.807, 2.05) is 18.7 Å². The number of rotatable bonds is 4. The minimum Gasteiger partial charge on any atom is -0.332 e. The van der Waals surface area contributed by atoms with Crippen LogP contribution in [0.4, 0.5) is 0 Å². The second kappa shape index (κ2) is 8.58. The van der Waals surface area contributed by atoms with Crippen LogP contribution in [-0.4, -0.2) is 44.8 Å². The number of hydrogen-bond acceptors (Lipinski definition) is 4. The van der Waals surface area contributed by atoms with Gasteiger partial charge in [-0.3, -0.25) is 14.5 Å². The zero-order valence-corrected chi connectivity index (χ0v) is 18.2. The van der Waals surface area contributed by atoms with Gasteiger partial charge in [-0.25, -0.2) is 4.98 Å². The van der Waals surface area contributed by atoms with Crippen LogP contribution in [-0.2, 0) is 17.8 Å².